The molecule has 0 N–H and O–H groups in total. The lowest BCUT2D eigenvalue weighted by Gasteiger charge is -2.13. The Bertz CT molecular complexity index is 617. The van der Waals surface area contributed by atoms with Gasteiger partial charge in [-0.25, -0.2) is 0 Å². The third-order valence-corrected chi connectivity index (χ3v) is 3.64. The number of benzene rings is 2. The molecule has 0 heterocycles. The summed E-state index contributed by atoms with van der Waals surface area (Å²) in [6.45, 7) is 4.24. The number of hydrogen-bond donors (Lipinski definition) is 0. The second kappa shape index (κ2) is 8.79. The fraction of sp³-hybridized carbons (Fsp3) is 0.250. The highest BCUT2D eigenvalue weighted by atomic mass is 16.5. The molecule has 0 amide bonds. The van der Waals surface area contributed by atoms with Gasteiger partial charge < -0.3 is 9.47 Å². The second-order valence-electron chi connectivity index (χ2n) is 5.37. The predicted molar refractivity (Wildman–Crippen MR) is 91.2 cm³/mol. The summed E-state index contributed by atoms with van der Waals surface area (Å²) >= 11 is 0. The summed E-state index contributed by atoms with van der Waals surface area (Å²) in [5.41, 5.74) is 2.21. The number of carbonyl (C=O) groups excluding carboxylic acids is 1. The van der Waals surface area contributed by atoms with Gasteiger partial charge in [-0.2, -0.15) is 0 Å². The molecule has 0 radical (unpaired) electrons. The van der Waals surface area contributed by atoms with Crippen molar-refractivity contribution in [3.8, 4) is 5.75 Å². The summed E-state index contributed by atoms with van der Waals surface area (Å²) < 4.78 is 10.6. The molecule has 23 heavy (non-hydrogen) atoms. The minimum atomic E-state index is -0.200. The van der Waals surface area contributed by atoms with Crippen LogP contribution in [-0.4, -0.2) is 13.1 Å². The van der Waals surface area contributed by atoms with Gasteiger partial charge in [-0.05, 0) is 36.1 Å². The molecule has 3 nitrogen and oxygen atoms in total. The molecule has 2 aromatic carbocycles. The van der Waals surface area contributed by atoms with Crippen LogP contribution in [0, 0.1) is 5.92 Å². The Hall–Kier alpha value is -2.55. The van der Waals surface area contributed by atoms with E-state index in [1.54, 1.807) is 6.08 Å². The SMILES string of the molecule is C=CCC(Cc1ccc(OCc2ccccc2)cc1)C(=O)OC. The summed E-state index contributed by atoms with van der Waals surface area (Å²) in [7, 11) is 1.42. The molecular weight excluding hydrogens is 288 g/mol. The molecule has 0 fully saturated rings. The number of hydrogen-bond acceptors (Lipinski definition) is 3. The zero-order chi connectivity index (χ0) is 16.5. The van der Waals surface area contributed by atoms with Crippen molar-refractivity contribution in [2.75, 3.05) is 7.11 Å². The Morgan fingerprint density at radius 1 is 1.09 bits per heavy atom. The molecule has 0 saturated carbocycles. The number of carbonyl (C=O) groups is 1. The summed E-state index contributed by atoms with van der Waals surface area (Å²) in [5, 5.41) is 0. The third-order valence-electron chi connectivity index (χ3n) is 3.64. The smallest absolute Gasteiger partial charge is 0.309 e. The fourth-order valence-corrected chi connectivity index (χ4v) is 2.38. The van der Waals surface area contributed by atoms with Crippen LogP contribution in [0.4, 0.5) is 0 Å². The molecule has 120 valence electrons. The summed E-state index contributed by atoms with van der Waals surface area (Å²) in [5.74, 6) is 0.429. The standard InChI is InChI=1S/C20H22O3/c1-3-7-18(20(21)22-2)14-16-10-12-19(13-11-16)23-15-17-8-5-4-6-9-17/h3-6,8-13,18H,1,7,14-15H2,2H3. The maximum atomic E-state index is 11.7. The van der Waals surface area contributed by atoms with E-state index in [0.29, 0.717) is 19.4 Å². The highest BCUT2D eigenvalue weighted by Crippen LogP contribution is 2.19. The third kappa shape index (κ3) is 5.29. The monoisotopic (exact) mass is 310 g/mol. The highest BCUT2D eigenvalue weighted by molar-refractivity contribution is 5.72. The van der Waals surface area contributed by atoms with E-state index >= 15 is 0 Å². The molecule has 0 bridgehead atoms. The lowest BCUT2D eigenvalue weighted by atomic mass is 9.96. The van der Waals surface area contributed by atoms with E-state index in [9.17, 15) is 4.79 Å². The number of esters is 1. The quantitative estimate of drug-likeness (QED) is 0.542. The highest BCUT2D eigenvalue weighted by Gasteiger charge is 2.18. The van der Waals surface area contributed by atoms with Crippen molar-refractivity contribution in [3.05, 3.63) is 78.4 Å². The van der Waals surface area contributed by atoms with E-state index in [1.807, 2.05) is 54.6 Å². The molecule has 0 aliphatic carbocycles. The zero-order valence-electron chi connectivity index (χ0n) is 13.4. The van der Waals surface area contributed by atoms with Crippen molar-refractivity contribution in [1.82, 2.24) is 0 Å². The Morgan fingerprint density at radius 3 is 2.39 bits per heavy atom. The van der Waals surface area contributed by atoms with Crippen LogP contribution in [-0.2, 0) is 22.6 Å². The Balaban J connectivity index is 1.93. The molecule has 1 unspecified atom stereocenters. The van der Waals surface area contributed by atoms with Crippen LogP contribution in [0.25, 0.3) is 0 Å². The first kappa shape index (κ1) is 16.8. The van der Waals surface area contributed by atoms with E-state index < -0.39 is 0 Å². The minimum Gasteiger partial charge on any atom is -0.489 e. The lowest BCUT2D eigenvalue weighted by molar-refractivity contribution is -0.145. The molecule has 1 atom stereocenters. The van der Waals surface area contributed by atoms with Crippen molar-refractivity contribution in [3.63, 3.8) is 0 Å². The van der Waals surface area contributed by atoms with Gasteiger partial charge in [-0.15, -0.1) is 6.58 Å². The molecule has 0 aliphatic heterocycles. The van der Waals surface area contributed by atoms with Crippen LogP contribution in [0.5, 0.6) is 5.75 Å². The molecule has 2 aromatic rings. The summed E-state index contributed by atoms with van der Waals surface area (Å²) in [4.78, 5) is 11.7. The first-order valence-corrected chi connectivity index (χ1v) is 7.67. The van der Waals surface area contributed by atoms with Crippen molar-refractivity contribution >= 4 is 5.97 Å². The predicted octanol–water partition coefficient (Wildman–Crippen LogP) is 4.17. The van der Waals surface area contributed by atoms with E-state index in [4.69, 9.17) is 9.47 Å². The topological polar surface area (TPSA) is 35.5 Å². The van der Waals surface area contributed by atoms with Gasteiger partial charge in [0, 0.05) is 0 Å². The van der Waals surface area contributed by atoms with Crippen molar-refractivity contribution in [2.45, 2.75) is 19.4 Å². The van der Waals surface area contributed by atoms with Crippen LogP contribution < -0.4 is 4.74 Å². The molecule has 0 aliphatic rings. The van der Waals surface area contributed by atoms with Crippen molar-refractivity contribution in [1.29, 1.82) is 0 Å². The average Bonchev–Trinajstić information content (AvgIpc) is 2.61. The summed E-state index contributed by atoms with van der Waals surface area (Å²) in [6.07, 6.45) is 3.00. The van der Waals surface area contributed by atoms with Gasteiger partial charge in [0.15, 0.2) is 0 Å². The maximum absolute atomic E-state index is 11.7. The first-order valence-electron chi connectivity index (χ1n) is 7.67. The Kier molecular flexibility index (Phi) is 6.42. The van der Waals surface area contributed by atoms with Gasteiger partial charge in [0.05, 0.1) is 13.0 Å². The van der Waals surface area contributed by atoms with Gasteiger partial charge in [0.1, 0.15) is 12.4 Å². The molecule has 0 saturated heterocycles. The van der Waals surface area contributed by atoms with Crippen LogP contribution in [0.15, 0.2) is 67.3 Å². The molecule has 0 spiro atoms. The van der Waals surface area contributed by atoms with E-state index in [1.165, 1.54) is 7.11 Å². The van der Waals surface area contributed by atoms with Gasteiger partial charge >= 0.3 is 5.97 Å². The van der Waals surface area contributed by atoms with E-state index in [-0.39, 0.29) is 11.9 Å². The normalized spacial score (nSPS) is 11.5. The molecule has 0 aromatic heterocycles. The number of methoxy groups -OCH3 is 1. The molecule has 2 rings (SSSR count). The van der Waals surface area contributed by atoms with Crippen LogP contribution in [0.1, 0.15) is 17.5 Å². The van der Waals surface area contributed by atoms with Crippen molar-refractivity contribution < 1.29 is 14.3 Å². The number of rotatable bonds is 8. The average molecular weight is 310 g/mol. The van der Waals surface area contributed by atoms with Crippen LogP contribution >= 0.6 is 0 Å². The van der Waals surface area contributed by atoms with Gasteiger partial charge in [0.25, 0.3) is 0 Å². The first-order chi connectivity index (χ1) is 11.2. The lowest BCUT2D eigenvalue weighted by Crippen LogP contribution is -2.18. The van der Waals surface area contributed by atoms with Crippen LogP contribution in [0.3, 0.4) is 0 Å². The summed E-state index contributed by atoms with van der Waals surface area (Å²) in [6, 6.07) is 17.9. The fourth-order valence-electron chi connectivity index (χ4n) is 2.38. The molecule has 3 heteroatoms. The largest absolute Gasteiger partial charge is 0.489 e. The Labute approximate surface area is 137 Å². The molecular formula is C20H22O3. The van der Waals surface area contributed by atoms with Gasteiger partial charge in [0.2, 0.25) is 0 Å². The maximum Gasteiger partial charge on any atom is 0.309 e. The number of allylic oxidation sites excluding steroid dienone is 1. The van der Waals surface area contributed by atoms with E-state index in [2.05, 4.69) is 6.58 Å². The van der Waals surface area contributed by atoms with Crippen LogP contribution in [0.2, 0.25) is 0 Å². The van der Waals surface area contributed by atoms with Gasteiger partial charge in [-0.3, -0.25) is 4.79 Å². The number of ether oxygens (including phenoxy) is 2. The second-order valence-corrected chi connectivity index (χ2v) is 5.37. The minimum absolute atomic E-state index is 0.186. The zero-order valence-corrected chi connectivity index (χ0v) is 13.4. The Morgan fingerprint density at radius 2 is 1.78 bits per heavy atom. The van der Waals surface area contributed by atoms with Crippen molar-refractivity contribution in [2.24, 2.45) is 5.92 Å². The van der Waals surface area contributed by atoms with Gasteiger partial charge in [-0.1, -0.05) is 48.5 Å². The van der Waals surface area contributed by atoms with E-state index in [0.717, 1.165) is 16.9 Å².